The molecule has 0 bridgehead atoms. The molecule has 6 heteroatoms. The minimum atomic E-state index is -6.82. The SMILES string of the molecule is [2H]c1c([2H])c([2H])c(-c2c([2H])c([2H])c([2H])c([Si](c3c([2H])c([2H])c([2H])c([2H])c3[2H])(c3c([2H])c([2H])c([2H])c([2H])c3[2H])c3c([2H])c([2H])c(-c4nc(-n5c6c([2H])c([2H])c([2H])c([2H])c6c6c([2H])c([2H])c([2H])c([2H])c65)nc(-n5c6c([2H])c([2H])c([2H])c([2H])c6c6c([2H])c([2H])c([2H])c([2H])c65)n4)c([2H])c3[2H])c2[2H])c([2H])c1[2H]. The third-order valence-corrected chi connectivity index (χ3v) is 13.8. The van der Waals surface area contributed by atoms with Gasteiger partial charge in [-0.15, -0.1) is 0 Å². The summed E-state index contributed by atoms with van der Waals surface area (Å²) in [5, 5.41) is -7.98. The highest BCUT2D eigenvalue weighted by Crippen LogP contribution is 2.34. The Bertz CT molecular complexity index is 5450. The van der Waals surface area contributed by atoms with E-state index in [-0.39, 0.29) is 0 Å². The summed E-state index contributed by atoms with van der Waals surface area (Å²) in [6.45, 7) is 0. The first-order valence-corrected chi connectivity index (χ1v) is 20.2. The predicted octanol–water partition coefficient (Wildman–Crippen LogP) is 10.8. The fourth-order valence-corrected chi connectivity index (χ4v) is 10.7. The van der Waals surface area contributed by atoms with E-state index in [2.05, 4.69) is 15.0 Å². The van der Waals surface area contributed by atoms with Gasteiger partial charge >= 0.3 is 0 Å². The van der Waals surface area contributed by atoms with E-state index in [9.17, 15) is 21.9 Å². The lowest BCUT2D eigenvalue weighted by atomic mass is 10.1. The first-order chi connectivity index (χ1) is 47.5. The van der Waals surface area contributed by atoms with Crippen LogP contribution in [0.2, 0.25) is 0 Å². The Morgan fingerprint density at radius 1 is 0.302 bits per heavy atom. The van der Waals surface area contributed by atoms with Gasteiger partial charge in [0.2, 0.25) is 11.9 Å². The molecule has 0 aliphatic heterocycles. The lowest BCUT2D eigenvalue weighted by Gasteiger charge is -2.34. The smallest absolute Gasteiger partial charge is 0.240 e. The third kappa shape index (κ3) is 5.95. The topological polar surface area (TPSA) is 48.5 Å². The van der Waals surface area contributed by atoms with Crippen molar-refractivity contribution in [2.24, 2.45) is 0 Å². The number of hydrogen-bond donors (Lipinski definition) is 0. The van der Waals surface area contributed by atoms with Gasteiger partial charge in [0.1, 0.15) is 0 Å². The third-order valence-electron chi connectivity index (χ3n) is 9.80. The van der Waals surface area contributed by atoms with E-state index in [1.54, 1.807) is 0 Å². The maximum absolute atomic E-state index is 10.4. The van der Waals surface area contributed by atoms with Crippen LogP contribution >= 0.6 is 0 Å². The Morgan fingerprint density at radius 3 is 1.13 bits per heavy atom. The van der Waals surface area contributed by atoms with Gasteiger partial charge in [0, 0.05) is 27.1 Å². The van der Waals surface area contributed by atoms with Gasteiger partial charge in [0.05, 0.1) is 75.5 Å². The minimum absolute atomic E-state index is 0.625. The molecule has 0 fully saturated rings. The fourth-order valence-electron chi connectivity index (χ4n) is 7.18. The molecule has 0 saturated carbocycles. The number of rotatable bonds is 8. The van der Waals surface area contributed by atoms with E-state index < -0.39 is 342 Å². The van der Waals surface area contributed by atoms with E-state index in [1.807, 2.05) is 0 Å². The number of para-hydroxylation sites is 4. The van der Waals surface area contributed by atoms with Crippen LogP contribution in [-0.4, -0.2) is 32.2 Å². The second kappa shape index (κ2) is 15.1. The Balaban J connectivity index is 1.38. The van der Waals surface area contributed by atoms with Crippen LogP contribution in [-0.2, 0) is 0 Å². The maximum atomic E-state index is 10.4. The quantitative estimate of drug-likeness (QED) is 0.113. The van der Waals surface area contributed by atoms with Crippen LogP contribution in [0.1, 0.15) is 53.5 Å². The standard InChI is InChI=1S/C57H39N5Si/c1-4-19-40(20-5-1)42-21-18-26-46(39-42)63(43-22-6-2-7-23-43,44-24-8-3-9-25-44)45-37-35-41(36-38-45)55-58-56(61-51-31-14-10-27-47(51)48-28-11-15-32-52(48)61)60-57(59-55)62-53-33-16-12-29-49(53)50-30-13-17-34-54(50)62/h1-39H/i1D,2D,3D,4D,5D,6D,7D,8D,9D,10D,11D,12D,13D,14D,15D,16D,17D,18D,19D,20D,21D,22D,23D,24D,25D,26D,27D,28D,29D,30D,31D,32D,33D,34D,35D,36D,37D,38D,39D. The molecule has 0 saturated heterocycles. The van der Waals surface area contributed by atoms with E-state index in [1.165, 1.54) is 0 Å². The van der Waals surface area contributed by atoms with Gasteiger partial charge in [-0.2, -0.15) is 15.0 Å². The molecule has 0 spiro atoms. The number of benzene rings is 9. The summed E-state index contributed by atoms with van der Waals surface area (Å²) in [5.74, 6) is -3.45. The summed E-state index contributed by atoms with van der Waals surface area (Å²) >= 11 is 0. The van der Waals surface area contributed by atoms with Crippen molar-refractivity contribution in [1.82, 2.24) is 24.1 Å². The van der Waals surface area contributed by atoms with Crippen molar-refractivity contribution in [2.75, 3.05) is 0 Å². The maximum Gasteiger partial charge on any atom is 0.240 e. The molecule has 0 atom stereocenters. The molecule has 5 nitrogen and oxygen atoms in total. The number of hydrogen-bond acceptors (Lipinski definition) is 3. The van der Waals surface area contributed by atoms with E-state index >= 15 is 0 Å². The number of fused-ring (bicyclic) bond motifs is 6. The molecular formula is C57H39N5Si. The van der Waals surface area contributed by atoms with Gasteiger partial charge in [-0.05, 0) is 56.0 Å². The fraction of sp³-hybridized carbons (Fsp3) is 0. The summed E-state index contributed by atoms with van der Waals surface area (Å²) in [5.41, 5.74) is -6.52. The van der Waals surface area contributed by atoms with Crippen molar-refractivity contribution in [3.63, 3.8) is 0 Å². The van der Waals surface area contributed by atoms with Crippen molar-refractivity contribution in [2.45, 2.75) is 0 Å². The van der Waals surface area contributed by atoms with Crippen LogP contribution in [0.25, 0.3) is 78.0 Å². The Hall–Kier alpha value is -8.19. The van der Waals surface area contributed by atoms with Gasteiger partial charge in [-0.3, -0.25) is 9.13 Å². The summed E-state index contributed by atoms with van der Waals surface area (Å²) in [4.78, 5) is 13.6. The number of nitrogens with zero attached hydrogens (tertiary/aromatic N) is 5. The van der Waals surface area contributed by atoms with E-state index in [0.29, 0.717) is 9.13 Å². The van der Waals surface area contributed by atoms with Crippen molar-refractivity contribution in [1.29, 1.82) is 0 Å². The summed E-state index contributed by atoms with van der Waals surface area (Å²) < 4.78 is 362. The van der Waals surface area contributed by atoms with Gasteiger partial charge in [0.25, 0.3) is 0 Å². The molecule has 63 heavy (non-hydrogen) atoms. The summed E-state index contributed by atoms with van der Waals surface area (Å²) in [6.07, 6.45) is 0. The molecule has 9 aromatic carbocycles. The van der Waals surface area contributed by atoms with Gasteiger partial charge in [-0.25, -0.2) is 0 Å². The minimum Gasteiger partial charge on any atom is -0.278 e. The second-order valence-corrected chi connectivity index (χ2v) is 16.6. The van der Waals surface area contributed by atoms with Crippen LogP contribution in [0.3, 0.4) is 0 Å². The molecule has 0 aliphatic carbocycles. The average molecular weight is 861 g/mol. The van der Waals surface area contributed by atoms with Gasteiger partial charge in [-0.1, -0.05) is 211 Å². The van der Waals surface area contributed by atoms with E-state index in [4.69, 9.17) is 31.5 Å². The highest BCUT2D eigenvalue weighted by atomic mass is 28.3. The predicted molar refractivity (Wildman–Crippen MR) is 263 cm³/mol. The van der Waals surface area contributed by atoms with Crippen molar-refractivity contribution < 1.29 is 53.5 Å². The molecule has 3 heterocycles. The highest BCUT2D eigenvalue weighted by Gasteiger charge is 2.41. The zero-order valence-electron chi connectivity index (χ0n) is 70.2. The van der Waals surface area contributed by atoms with Crippen molar-refractivity contribution in [3.05, 3.63) is 236 Å². The summed E-state index contributed by atoms with van der Waals surface area (Å²) in [6, 6.07) is -46.6. The van der Waals surface area contributed by atoms with Crippen molar-refractivity contribution in [3.8, 4) is 34.4 Å². The van der Waals surface area contributed by atoms with Gasteiger partial charge in [0.15, 0.2) is 13.9 Å². The van der Waals surface area contributed by atoms with E-state index in [0.717, 1.165) is 0 Å². The largest absolute Gasteiger partial charge is 0.278 e. The van der Waals surface area contributed by atoms with Crippen LogP contribution in [0.15, 0.2) is 236 Å². The van der Waals surface area contributed by atoms with Crippen LogP contribution in [0.4, 0.5) is 0 Å². The van der Waals surface area contributed by atoms with Gasteiger partial charge < -0.3 is 0 Å². The molecule has 0 aliphatic rings. The average Bonchev–Trinajstić information content (AvgIpc) is 0.895. The van der Waals surface area contributed by atoms with Crippen LogP contribution in [0, 0.1) is 0 Å². The molecule has 0 amide bonds. The lowest BCUT2D eigenvalue weighted by molar-refractivity contribution is 0.893. The highest BCUT2D eigenvalue weighted by molar-refractivity contribution is 7.19. The first kappa shape index (κ1) is 14.4. The molecule has 296 valence electrons. The molecule has 12 rings (SSSR count). The lowest BCUT2D eigenvalue weighted by Crippen LogP contribution is -2.74. The zero-order valence-corrected chi connectivity index (χ0v) is 32.2. The second-order valence-electron chi connectivity index (χ2n) is 13.1. The molecule has 0 unspecified atom stereocenters. The van der Waals surface area contributed by atoms with Crippen molar-refractivity contribution >= 4 is 72.4 Å². The first-order valence-electron chi connectivity index (χ1n) is 37.7. The normalized spacial score (nSPS) is 20.5. The molecule has 0 radical (unpaired) electrons. The Kier molecular flexibility index (Phi) is 3.45. The molecule has 3 aromatic heterocycles. The molecule has 12 aromatic rings. The number of aromatic nitrogens is 5. The molecule has 0 N–H and O–H groups in total. The molecular weight excluding hydrogens is 783 g/mol. The Morgan fingerprint density at radius 2 is 0.667 bits per heavy atom. The van der Waals surface area contributed by atoms with Crippen LogP contribution < -0.4 is 20.7 Å². The summed E-state index contributed by atoms with van der Waals surface area (Å²) in [7, 11) is -6.82. The monoisotopic (exact) mass is 861 g/mol. The van der Waals surface area contributed by atoms with Crippen LogP contribution in [0.5, 0.6) is 0 Å². The Labute approximate surface area is 420 Å². The zero-order chi connectivity index (χ0) is 75.7.